The predicted molar refractivity (Wildman–Crippen MR) is 89.6 cm³/mol. The number of rotatable bonds is 5. The quantitative estimate of drug-likeness (QED) is 0.814. The minimum absolute atomic E-state index is 0.138. The number of methoxy groups -OCH3 is 1. The summed E-state index contributed by atoms with van der Waals surface area (Å²) in [6, 6.07) is 11.0. The van der Waals surface area contributed by atoms with Crippen LogP contribution >= 0.6 is 0 Å². The summed E-state index contributed by atoms with van der Waals surface area (Å²) in [7, 11) is 1.08. The number of benzene rings is 2. The maximum Gasteiger partial charge on any atom is 0.416 e. The summed E-state index contributed by atoms with van der Waals surface area (Å²) >= 11 is 0. The van der Waals surface area contributed by atoms with E-state index in [0.717, 1.165) is 13.2 Å². The lowest BCUT2D eigenvalue weighted by atomic mass is 9.99. The van der Waals surface area contributed by atoms with Gasteiger partial charge in [0.15, 0.2) is 0 Å². The number of ether oxygens (including phenoxy) is 1. The van der Waals surface area contributed by atoms with Crippen LogP contribution in [0.3, 0.4) is 0 Å². The van der Waals surface area contributed by atoms with E-state index in [1.165, 1.54) is 42.5 Å². The van der Waals surface area contributed by atoms with Crippen molar-refractivity contribution in [1.82, 2.24) is 5.32 Å². The van der Waals surface area contributed by atoms with Crippen molar-refractivity contribution in [3.05, 3.63) is 70.8 Å². The van der Waals surface area contributed by atoms with Crippen LogP contribution < -0.4 is 5.32 Å². The van der Waals surface area contributed by atoms with Gasteiger partial charge in [-0.2, -0.15) is 18.4 Å². The molecule has 8 heteroatoms. The molecule has 2 aromatic carbocycles. The number of hydrogen-bond donors (Lipinski definition) is 1. The molecular formula is C19H15F3N2O3. The molecule has 0 saturated carbocycles. The summed E-state index contributed by atoms with van der Waals surface area (Å²) in [5.41, 5.74) is -0.519. The Morgan fingerprint density at radius 1 is 1.15 bits per heavy atom. The maximum atomic E-state index is 13.2. The molecule has 0 fully saturated rings. The van der Waals surface area contributed by atoms with E-state index in [0.29, 0.717) is 5.56 Å². The number of nitrogens with one attached hydrogen (secondary N) is 1. The van der Waals surface area contributed by atoms with Crippen molar-refractivity contribution < 1.29 is 27.5 Å². The molecule has 2 rings (SSSR count). The predicted octanol–water partition coefficient (Wildman–Crippen LogP) is 3.09. The number of nitriles is 1. The normalized spacial score (nSPS) is 12.0. The van der Waals surface area contributed by atoms with Gasteiger partial charge in [0.05, 0.1) is 24.3 Å². The molecule has 0 aliphatic heterocycles. The molecule has 0 heterocycles. The largest absolute Gasteiger partial charge is 0.467 e. The van der Waals surface area contributed by atoms with E-state index in [-0.39, 0.29) is 17.5 Å². The third kappa shape index (κ3) is 5.07. The maximum absolute atomic E-state index is 13.2. The fraction of sp³-hybridized carbons (Fsp3) is 0.211. The van der Waals surface area contributed by atoms with Gasteiger partial charge in [-0.05, 0) is 35.9 Å². The molecule has 27 heavy (non-hydrogen) atoms. The van der Waals surface area contributed by atoms with Gasteiger partial charge in [-0.3, -0.25) is 4.79 Å². The van der Waals surface area contributed by atoms with Crippen molar-refractivity contribution in [2.45, 2.75) is 18.6 Å². The van der Waals surface area contributed by atoms with Crippen molar-refractivity contribution >= 4 is 11.9 Å². The first-order chi connectivity index (χ1) is 12.8. The number of carbonyl (C=O) groups excluding carboxylic acids is 2. The van der Waals surface area contributed by atoms with Gasteiger partial charge >= 0.3 is 12.1 Å². The molecule has 0 spiro atoms. The Kier molecular flexibility index (Phi) is 6.19. The summed E-state index contributed by atoms with van der Waals surface area (Å²) in [5, 5.41) is 11.2. The van der Waals surface area contributed by atoms with Crippen LogP contribution in [0.1, 0.15) is 27.0 Å². The number of alkyl halides is 3. The van der Waals surface area contributed by atoms with Crippen molar-refractivity contribution in [3.8, 4) is 6.07 Å². The van der Waals surface area contributed by atoms with Gasteiger partial charge in [-0.25, -0.2) is 4.79 Å². The first kappa shape index (κ1) is 20.0. The first-order valence-corrected chi connectivity index (χ1v) is 7.80. The lowest BCUT2D eigenvalue weighted by Crippen LogP contribution is -2.43. The summed E-state index contributed by atoms with van der Waals surface area (Å²) in [5.74, 6) is -1.53. The molecule has 0 radical (unpaired) electrons. The number of esters is 1. The van der Waals surface area contributed by atoms with Crippen LogP contribution in [0.15, 0.2) is 48.5 Å². The lowest BCUT2D eigenvalue weighted by Gasteiger charge is -2.19. The van der Waals surface area contributed by atoms with E-state index in [4.69, 9.17) is 5.26 Å². The molecular weight excluding hydrogens is 361 g/mol. The second-order valence-electron chi connectivity index (χ2n) is 5.60. The highest BCUT2D eigenvalue weighted by Crippen LogP contribution is 2.32. The van der Waals surface area contributed by atoms with Gasteiger partial charge in [-0.1, -0.05) is 18.2 Å². The number of carbonyl (C=O) groups is 2. The summed E-state index contributed by atoms with van der Waals surface area (Å²) in [4.78, 5) is 24.3. The Hall–Kier alpha value is -3.34. The summed E-state index contributed by atoms with van der Waals surface area (Å²) in [6.45, 7) is 0. The second-order valence-corrected chi connectivity index (χ2v) is 5.60. The number of hydrogen-bond acceptors (Lipinski definition) is 4. The first-order valence-electron chi connectivity index (χ1n) is 7.80. The minimum atomic E-state index is -4.59. The third-order valence-corrected chi connectivity index (χ3v) is 3.81. The SMILES string of the molecule is COC(=O)[C@@H](Cc1ccccc1C(F)(F)F)NC(=O)c1ccc(C#N)cc1. The highest BCUT2D eigenvalue weighted by molar-refractivity contribution is 5.96. The zero-order valence-corrected chi connectivity index (χ0v) is 14.2. The monoisotopic (exact) mass is 376 g/mol. The Bertz CT molecular complexity index is 871. The van der Waals surface area contributed by atoms with E-state index >= 15 is 0 Å². The molecule has 140 valence electrons. The molecule has 0 unspecified atom stereocenters. The summed E-state index contributed by atoms with van der Waals surface area (Å²) in [6.07, 6.45) is -4.97. The van der Waals surface area contributed by atoms with Crippen molar-refractivity contribution in [1.29, 1.82) is 5.26 Å². The molecule has 0 aliphatic carbocycles. The fourth-order valence-corrected chi connectivity index (χ4v) is 2.47. The number of halogens is 3. The van der Waals surface area contributed by atoms with Gasteiger partial charge in [0.25, 0.3) is 5.91 Å². The summed E-state index contributed by atoms with van der Waals surface area (Å²) < 4.78 is 44.1. The van der Waals surface area contributed by atoms with Crippen LogP contribution in [-0.4, -0.2) is 25.0 Å². The smallest absolute Gasteiger partial charge is 0.416 e. The van der Waals surface area contributed by atoms with Crippen LogP contribution in [0.25, 0.3) is 0 Å². The Labute approximate surface area is 153 Å². The number of nitrogens with zero attached hydrogens (tertiary/aromatic N) is 1. The van der Waals surface area contributed by atoms with E-state index in [1.54, 1.807) is 0 Å². The fourth-order valence-electron chi connectivity index (χ4n) is 2.47. The van der Waals surface area contributed by atoms with E-state index < -0.39 is 29.7 Å². The molecule has 0 bridgehead atoms. The zero-order valence-electron chi connectivity index (χ0n) is 14.2. The number of amides is 1. The second kappa shape index (κ2) is 8.36. The third-order valence-electron chi connectivity index (χ3n) is 3.81. The van der Waals surface area contributed by atoms with Crippen molar-refractivity contribution in [2.75, 3.05) is 7.11 Å². The molecule has 1 atom stereocenters. The zero-order chi connectivity index (χ0) is 20.0. The van der Waals surface area contributed by atoms with Gasteiger partial charge in [-0.15, -0.1) is 0 Å². The highest BCUT2D eigenvalue weighted by Gasteiger charge is 2.34. The molecule has 5 nitrogen and oxygen atoms in total. The highest BCUT2D eigenvalue weighted by atomic mass is 19.4. The minimum Gasteiger partial charge on any atom is -0.467 e. The molecule has 1 N–H and O–H groups in total. The van der Waals surface area contributed by atoms with Gasteiger partial charge in [0, 0.05) is 12.0 Å². The average Bonchev–Trinajstić information content (AvgIpc) is 2.66. The van der Waals surface area contributed by atoms with Crippen LogP contribution in [0.2, 0.25) is 0 Å². The molecule has 0 saturated heterocycles. The molecule has 1 amide bonds. The van der Waals surface area contributed by atoms with Crippen LogP contribution in [0.5, 0.6) is 0 Å². The van der Waals surface area contributed by atoms with Crippen molar-refractivity contribution in [3.63, 3.8) is 0 Å². The Morgan fingerprint density at radius 2 is 1.78 bits per heavy atom. The molecule has 0 aliphatic rings. The average molecular weight is 376 g/mol. The van der Waals surface area contributed by atoms with Crippen LogP contribution in [0.4, 0.5) is 13.2 Å². The van der Waals surface area contributed by atoms with E-state index in [9.17, 15) is 22.8 Å². The standard InChI is InChI=1S/C19H15F3N2O3/c1-27-18(26)16(10-14-4-2-3-5-15(14)19(20,21)22)24-17(25)13-8-6-12(11-23)7-9-13/h2-9,16H,10H2,1H3,(H,24,25)/t16-/m1/s1. The van der Waals surface area contributed by atoms with Gasteiger partial charge in [0.2, 0.25) is 0 Å². The molecule has 0 aromatic heterocycles. The van der Waals surface area contributed by atoms with Crippen LogP contribution in [-0.2, 0) is 22.1 Å². The van der Waals surface area contributed by atoms with E-state index in [1.807, 2.05) is 6.07 Å². The van der Waals surface area contributed by atoms with Crippen LogP contribution in [0, 0.1) is 11.3 Å². The topological polar surface area (TPSA) is 79.2 Å². The van der Waals surface area contributed by atoms with Gasteiger partial charge in [0.1, 0.15) is 6.04 Å². The van der Waals surface area contributed by atoms with Gasteiger partial charge < -0.3 is 10.1 Å². The van der Waals surface area contributed by atoms with E-state index in [2.05, 4.69) is 10.1 Å². The Morgan fingerprint density at radius 3 is 2.33 bits per heavy atom. The Balaban J connectivity index is 2.25. The lowest BCUT2D eigenvalue weighted by molar-refractivity contribution is -0.144. The molecule has 2 aromatic rings. The van der Waals surface area contributed by atoms with Crippen molar-refractivity contribution in [2.24, 2.45) is 0 Å².